The van der Waals surface area contributed by atoms with E-state index in [4.69, 9.17) is 0 Å². The highest BCUT2D eigenvalue weighted by atomic mass is 31.1. The van der Waals surface area contributed by atoms with Gasteiger partial charge in [0.25, 0.3) is 0 Å². The zero-order chi connectivity index (χ0) is 12.3. The first-order chi connectivity index (χ1) is 7.45. The fraction of sp³-hybridized carbons (Fsp3) is 0.538. The molecule has 0 bridgehead atoms. The van der Waals surface area contributed by atoms with Crippen molar-refractivity contribution in [3.05, 3.63) is 29.8 Å². The molecule has 0 aliphatic heterocycles. The number of rotatable bonds is 4. The molecule has 0 N–H and O–H groups in total. The standard InChI is InChI=1S/C13H23N2P/c1-11(2)12-9-7-8-10-13(12)16(14(3)4)15(5)6/h7-11H,1-6H3. The SMILES string of the molecule is CC(C)c1ccccc1P(N(C)C)N(C)C. The number of nitrogens with zero attached hydrogens (tertiary/aromatic N) is 2. The fourth-order valence-corrected chi connectivity index (χ4v) is 4.31. The van der Waals surface area contributed by atoms with Crippen molar-refractivity contribution in [2.24, 2.45) is 0 Å². The zero-order valence-electron chi connectivity index (χ0n) is 11.2. The molecule has 0 aliphatic rings. The minimum atomic E-state index is -0.360. The van der Waals surface area contributed by atoms with Crippen LogP contribution in [0.25, 0.3) is 0 Å². The van der Waals surface area contributed by atoms with Crippen LogP contribution in [0.4, 0.5) is 0 Å². The van der Waals surface area contributed by atoms with E-state index in [9.17, 15) is 0 Å². The molecule has 0 atom stereocenters. The van der Waals surface area contributed by atoms with E-state index >= 15 is 0 Å². The van der Waals surface area contributed by atoms with Crippen molar-refractivity contribution in [2.75, 3.05) is 28.2 Å². The van der Waals surface area contributed by atoms with Gasteiger partial charge in [-0.1, -0.05) is 38.1 Å². The first-order valence-electron chi connectivity index (χ1n) is 5.68. The molecule has 0 radical (unpaired) electrons. The lowest BCUT2D eigenvalue weighted by molar-refractivity contribution is 0.584. The highest BCUT2D eigenvalue weighted by Gasteiger charge is 2.20. The van der Waals surface area contributed by atoms with Gasteiger partial charge in [-0.15, -0.1) is 0 Å². The van der Waals surface area contributed by atoms with Crippen molar-refractivity contribution in [3.8, 4) is 0 Å². The van der Waals surface area contributed by atoms with E-state index in [1.54, 1.807) is 0 Å². The summed E-state index contributed by atoms with van der Waals surface area (Å²) < 4.78 is 4.63. The average molecular weight is 238 g/mol. The summed E-state index contributed by atoms with van der Waals surface area (Å²) in [6.45, 7) is 4.52. The van der Waals surface area contributed by atoms with Gasteiger partial charge >= 0.3 is 0 Å². The summed E-state index contributed by atoms with van der Waals surface area (Å²) in [6.07, 6.45) is 0. The molecular formula is C13H23N2P. The van der Waals surface area contributed by atoms with Gasteiger partial charge in [-0.05, 0) is 39.7 Å². The smallest absolute Gasteiger partial charge is 0.0716 e. The summed E-state index contributed by atoms with van der Waals surface area (Å²) in [4.78, 5) is 0. The van der Waals surface area contributed by atoms with Gasteiger partial charge in [-0.25, -0.2) is 0 Å². The Balaban J connectivity index is 3.18. The number of hydrogen-bond acceptors (Lipinski definition) is 2. The Kier molecular flexibility index (Phi) is 4.91. The van der Waals surface area contributed by atoms with E-state index < -0.39 is 0 Å². The number of hydrogen-bond donors (Lipinski definition) is 0. The molecule has 3 heteroatoms. The predicted octanol–water partition coefficient (Wildman–Crippen LogP) is 2.87. The van der Waals surface area contributed by atoms with Gasteiger partial charge in [0.15, 0.2) is 0 Å². The van der Waals surface area contributed by atoms with Gasteiger partial charge in [-0.2, -0.15) is 0 Å². The molecule has 1 aromatic carbocycles. The van der Waals surface area contributed by atoms with E-state index in [1.807, 2.05) is 0 Å². The topological polar surface area (TPSA) is 6.48 Å². The molecule has 0 spiro atoms. The van der Waals surface area contributed by atoms with Crippen LogP contribution in [0.5, 0.6) is 0 Å². The van der Waals surface area contributed by atoms with Gasteiger partial charge in [-0.3, -0.25) is 9.34 Å². The molecule has 0 heterocycles. The predicted molar refractivity (Wildman–Crippen MR) is 74.5 cm³/mol. The summed E-state index contributed by atoms with van der Waals surface area (Å²) in [5.74, 6) is 0.584. The average Bonchev–Trinajstić information content (AvgIpc) is 2.17. The van der Waals surface area contributed by atoms with Crippen molar-refractivity contribution in [3.63, 3.8) is 0 Å². The van der Waals surface area contributed by atoms with E-state index in [-0.39, 0.29) is 8.22 Å². The van der Waals surface area contributed by atoms with Crippen LogP contribution in [-0.2, 0) is 0 Å². The van der Waals surface area contributed by atoms with E-state index in [2.05, 4.69) is 75.6 Å². The molecule has 1 aromatic rings. The Labute approximate surface area is 101 Å². The van der Waals surface area contributed by atoms with Gasteiger partial charge in [0.2, 0.25) is 0 Å². The van der Waals surface area contributed by atoms with Crippen LogP contribution in [0.1, 0.15) is 25.3 Å². The molecule has 0 saturated carbocycles. The van der Waals surface area contributed by atoms with E-state index in [1.165, 1.54) is 10.9 Å². The van der Waals surface area contributed by atoms with Crippen LogP contribution in [0.3, 0.4) is 0 Å². The summed E-state index contributed by atoms with van der Waals surface area (Å²) in [5.41, 5.74) is 1.47. The molecule has 0 fully saturated rings. The third-order valence-electron chi connectivity index (χ3n) is 2.53. The molecule has 0 saturated heterocycles. The van der Waals surface area contributed by atoms with Gasteiger partial charge < -0.3 is 0 Å². The Morgan fingerprint density at radius 1 is 0.938 bits per heavy atom. The lowest BCUT2D eigenvalue weighted by Gasteiger charge is -2.32. The Hall–Kier alpha value is -0.430. The normalized spacial score (nSPS) is 12.1. The van der Waals surface area contributed by atoms with E-state index in [0.29, 0.717) is 5.92 Å². The number of benzene rings is 1. The molecule has 0 aliphatic carbocycles. The van der Waals surface area contributed by atoms with Gasteiger partial charge in [0, 0.05) is 5.30 Å². The highest BCUT2D eigenvalue weighted by Crippen LogP contribution is 2.40. The Bertz CT molecular complexity index is 326. The molecule has 0 aromatic heterocycles. The summed E-state index contributed by atoms with van der Waals surface area (Å²) in [6, 6.07) is 8.80. The first kappa shape index (κ1) is 13.6. The van der Waals surface area contributed by atoms with Crippen LogP contribution < -0.4 is 5.30 Å². The molecule has 0 amide bonds. The second-order valence-electron chi connectivity index (χ2n) is 4.70. The maximum atomic E-state index is 2.32. The minimum Gasteiger partial charge on any atom is -0.272 e. The summed E-state index contributed by atoms with van der Waals surface area (Å²) in [5, 5.41) is 1.47. The van der Waals surface area contributed by atoms with Crippen molar-refractivity contribution in [2.45, 2.75) is 19.8 Å². The lowest BCUT2D eigenvalue weighted by atomic mass is 10.0. The fourth-order valence-electron chi connectivity index (χ4n) is 1.95. The minimum absolute atomic E-state index is 0.360. The van der Waals surface area contributed by atoms with Crippen molar-refractivity contribution < 1.29 is 0 Å². The van der Waals surface area contributed by atoms with Crippen LogP contribution in [0.2, 0.25) is 0 Å². The van der Waals surface area contributed by atoms with Crippen molar-refractivity contribution in [1.29, 1.82) is 0 Å². The van der Waals surface area contributed by atoms with Crippen LogP contribution in [-0.4, -0.2) is 37.5 Å². The van der Waals surface area contributed by atoms with Crippen LogP contribution in [0.15, 0.2) is 24.3 Å². The summed E-state index contributed by atoms with van der Waals surface area (Å²) in [7, 11) is 8.26. The molecule has 1 rings (SSSR count). The molecule has 16 heavy (non-hydrogen) atoms. The van der Waals surface area contributed by atoms with Crippen LogP contribution >= 0.6 is 8.22 Å². The zero-order valence-corrected chi connectivity index (χ0v) is 12.1. The Morgan fingerprint density at radius 2 is 1.44 bits per heavy atom. The Morgan fingerprint density at radius 3 is 1.88 bits per heavy atom. The lowest BCUT2D eigenvalue weighted by Crippen LogP contribution is -2.26. The van der Waals surface area contributed by atoms with E-state index in [0.717, 1.165) is 0 Å². The maximum absolute atomic E-state index is 2.32. The molecular weight excluding hydrogens is 215 g/mol. The third kappa shape index (κ3) is 3.04. The molecule has 0 unspecified atom stereocenters. The monoisotopic (exact) mass is 238 g/mol. The quantitative estimate of drug-likeness (QED) is 0.744. The third-order valence-corrected chi connectivity index (χ3v) is 4.89. The summed E-state index contributed by atoms with van der Waals surface area (Å²) >= 11 is 0. The van der Waals surface area contributed by atoms with Crippen molar-refractivity contribution >= 4 is 13.5 Å². The van der Waals surface area contributed by atoms with Crippen LogP contribution in [0, 0.1) is 0 Å². The second kappa shape index (κ2) is 5.77. The van der Waals surface area contributed by atoms with Gasteiger partial charge in [0.05, 0.1) is 8.22 Å². The second-order valence-corrected chi connectivity index (χ2v) is 7.36. The molecule has 90 valence electrons. The largest absolute Gasteiger partial charge is 0.272 e. The molecule has 2 nitrogen and oxygen atoms in total. The maximum Gasteiger partial charge on any atom is 0.0716 e. The van der Waals surface area contributed by atoms with Gasteiger partial charge in [0.1, 0.15) is 0 Å². The first-order valence-corrected chi connectivity index (χ1v) is 6.93. The van der Waals surface area contributed by atoms with Crippen molar-refractivity contribution in [1.82, 2.24) is 9.34 Å². The highest BCUT2D eigenvalue weighted by molar-refractivity contribution is 7.61.